The summed E-state index contributed by atoms with van der Waals surface area (Å²) in [4.78, 5) is 9.33. The average Bonchev–Trinajstić information content (AvgIpc) is 3.36. The number of fused-ring (bicyclic) bond motifs is 3. The highest BCUT2D eigenvalue weighted by Crippen LogP contribution is 2.40. The second-order valence-corrected chi connectivity index (χ2v) is 8.39. The number of hydrogen-bond donors (Lipinski definition) is 0. The fourth-order valence-corrected chi connectivity index (χ4v) is 4.57. The van der Waals surface area contributed by atoms with E-state index in [1.165, 1.54) is 12.1 Å². The van der Waals surface area contributed by atoms with E-state index in [1.807, 2.05) is 32.9 Å². The molecule has 0 fully saturated rings. The quantitative estimate of drug-likeness (QED) is 0.260. The molecule has 3 aromatic heterocycles. The van der Waals surface area contributed by atoms with E-state index in [2.05, 4.69) is 14.9 Å². The third-order valence-corrected chi connectivity index (χ3v) is 5.98. The lowest BCUT2D eigenvalue weighted by molar-refractivity contribution is -0.274. The van der Waals surface area contributed by atoms with Gasteiger partial charge in [0.2, 0.25) is 0 Å². The lowest BCUT2D eigenvalue weighted by Crippen LogP contribution is -2.18. The number of pyridine rings is 1. The van der Waals surface area contributed by atoms with Crippen molar-refractivity contribution in [3.05, 3.63) is 59.9 Å². The molecule has 0 saturated carbocycles. The number of hydrogen-bond acceptors (Lipinski definition) is 6. The molecule has 0 radical (unpaired) electrons. The summed E-state index contributed by atoms with van der Waals surface area (Å²) in [6, 6.07) is 9.75. The Balaban J connectivity index is 1.85. The molecule has 0 spiro atoms. The number of benzene rings is 2. The number of nitrogens with zero attached hydrogens (tertiary/aromatic N) is 4. The van der Waals surface area contributed by atoms with Crippen LogP contribution in [0.2, 0.25) is 0 Å². The van der Waals surface area contributed by atoms with E-state index in [9.17, 15) is 13.2 Å². The van der Waals surface area contributed by atoms with Gasteiger partial charge in [-0.15, -0.1) is 13.2 Å². The van der Waals surface area contributed by atoms with Crippen LogP contribution in [0.1, 0.15) is 30.6 Å². The van der Waals surface area contributed by atoms with Crippen LogP contribution < -0.4 is 9.47 Å². The van der Waals surface area contributed by atoms with Crippen LogP contribution in [0, 0.1) is 13.8 Å². The molecule has 36 heavy (non-hydrogen) atoms. The average molecular weight is 496 g/mol. The normalized spacial score (nSPS) is 12.0. The van der Waals surface area contributed by atoms with E-state index in [4.69, 9.17) is 14.2 Å². The van der Waals surface area contributed by atoms with E-state index >= 15 is 0 Å². The number of para-hydroxylation sites is 2. The highest BCUT2D eigenvalue weighted by atomic mass is 19.4. The Kier molecular flexibility index (Phi) is 5.82. The van der Waals surface area contributed by atoms with Gasteiger partial charge in [0.15, 0.2) is 5.75 Å². The van der Waals surface area contributed by atoms with Gasteiger partial charge in [0.1, 0.15) is 22.9 Å². The Morgan fingerprint density at radius 2 is 1.83 bits per heavy atom. The van der Waals surface area contributed by atoms with Crippen LogP contribution in [0.5, 0.6) is 11.5 Å². The molecule has 0 unspecified atom stereocenters. The predicted octanol–water partition coefficient (Wildman–Crippen LogP) is 6.71. The maximum absolute atomic E-state index is 13.2. The Morgan fingerprint density at radius 1 is 1.06 bits per heavy atom. The monoisotopic (exact) mass is 496 g/mol. The first-order valence-electron chi connectivity index (χ1n) is 11.4. The van der Waals surface area contributed by atoms with E-state index < -0.39 is 6.36 Å². The van der Waals surface area contributed by atoms with Gasteiger partial charge in [-0.1, -0.05) is 24.2 Å². The maximum Gasteiger partial charge on any atom is 0.573 e. The van der Waals surface area contributed by atoms with Crippen molar-refractivity contribution in [3.63, 3.8) is 0 Å². The second-order valence-electron chi connectivity index (χ2n) is 8.39. The highest BCUT2D eigenvalue weighted by molar-refractivity contribution is 6.05. The summed E-state index contributed by atoms with van der Waals surface area (Å²) in [5, 5.41) is 4.72. The summed E-state index contributed by atoms with van der Waals surface area (Å²) in [5.74, 6) is 1.48. The molecule has 0 aliphatic carbocycles. The number of aromatic nitrogens is 4. The van der Waals surface area contributed by atoms with E-state index in [0.717, 1.165) is 17.5 Å². The van der Waals surface area contributed by atoms with E-state index in [1.54, 1.807) is 30.0 Å². The zero-order chi connectivity index (χ0) is 25.6. The molecular weight excluding hydrogens is 473 g/mol. The Bertz CT molecular complexity index is 1570. The van der Waals surface area contributed by atoms with Crippen molar-refractivity contribution in [2.45, 2.75) is 40.0 Å². The largest absolute Gasteiger partial charge is 0.573 e. The van der Waals surface area contributed by atoms with Crippen LogP contribution in [0.25, 0.3) is 38.8 Å². The number of methoxy groups -OCH3 is 1. The van der Waals surface area contributed by atoms with Crippen molar-refractivity contribution in [1.29, 1.82) is 0 Å². The van der Waals surface area contributed by atoms with E-state index in [-0.39, 0.29) is 11.4 Å². The van der Waals surface area contributed by atoms with Crippen molar-refractivity contribution >= 4 is 21.9 Å². The predicted molar refractivity (Wildman–Crippen MR) is 129 cm³/mol. The molecule has 10 heteroatoms. The lowest BCUT2D eigenvalue weighted by atomic mass is 10.0. The van der Waals surface area contributed by atoms with Gasteiger partial charge in [-0.3, -0.25) is 9.55 Å². The van der Waals surface area contributed by atoms with Crippen LogP contribution in [-0.4, -0.2) is 33.2 Å². The third kappa shape index (κ3) is 4.02. The summed E-state index contributed by atoms with van der Waals surface area (Å²) in [6.07, 6.45) is -1.92. The Hall–Kier alpha value is -4.08. The Morgan fingerprint density at radius 3 is 2.50 bits per heavy atom. The molecule has 0 atom stereocenters. The van der Waals surface area contributed by atoms with Crippen LogP contribution in [-0.2, 0) is 6.42 Å². The van der Waals surface area contributed by atoms with Gasteiger partial charge in [0, 0.05) is 17.4 Å². The molecule has 2 aromatic carbocycles. The minimum Gasteiger partial charge on any atom is -0.496 e. The summed E-state index contributed by atoms with van der Waals surface area (Å²) in [7, 11) is 1.56. The minimum atomic E-state index is -4.84. The van der Waals surface area contributed by atoms with Crippen LogP contribution in [0.3, 0.4) is 0 Å². The van der Waals surface area contributed by atoms with Gasteiger partial charge in [-0.05, 0) is 44.5 Å². The number of aryl methyl sites for hydroxylation is 3. The number of rotatable bonds is 6. The molecule has 0 saturated heterocycles. The molecule has 0 N–H and O–H groups in total. The maximum atomic E-state index is 13.2. The molecule has 5 rings (SSSR count). The molecular formula is C26H23F3N4O3. The molecule has 5 aromatic rings. The fourth-order valence-electron chi connectivity index (χ4n) is 4.57. The second kappa shape index (κ2) is 8.85. The van der Waals surface area contributed by atoms with Gasteiger partial charge < -0.3 is 14.0 Å². The van der Waals surface area contributed by atoms with Gasteiger partial charge >= 0.3 is 6.36 Å². The first-order valence-corrected chi connectivity index (χ1v) is 11.4. The number of halogens is 3. The van der Waals surface area contributed by atoms with Crippen LogP contribution in [0.4, 0.5) is 13.2 Å². The molecule has 0 amide bonds. The van der Waals surface area contributed by atoms with Gasteiger partial charge in [-0.25, -0.2) is 4.98 Å². The standard InChI is InChI=1S/C26H23F3N4O3/c1-5-8-23-31-19-13-30-18-11-17(24-14(2)32-36-15(24)3)22(34-4)12-16(18)25(19)33(23)20-9-6-7-10-21(20)35-26(27,28)29/h6-7,9-13H,5,8H2,1-4H3. The van der Waals surface area contributed by atoms with E-state index in [0.29, 0.717) is 51.4 Å². The minimum absolute atomic E-state index is 0.238. The zero-order valence-electron chi connectivity index (χ0n) is 20.1. The molecule has 7 nitrogen and oxygen atoms in total. The van der Waals surface area contributed by atoms with Gasteiger partial charge in [-0.2, -0.15) is 0 Å². The molecule has 0 bridgehead atoms. The number of imidazole rings is 1. The zero-order valence-corrected chi connectivity index (χ0v) is 20.1. The molecule has 0 aliphatic heterocycles. The first-order chi connectivity index (χ1) is 17.2. The van der Waals surface area contributed by atoms with Crippen molar-refractivity contribution < 1.29 is 27.2 Å². The Labute approximate surface area is 204 Å². The molecule has 0 aliphatic rings. The van der Waals surface area contributed by atoms with Crippen molar-refractivity contribution in [2.24, 2.45) is 0 Å². The number of alkyl halides is 3. The first kappa shape index (κ1) is 23.7. The lowest BCUT2D eigenvalue weighted by Gasteiger charge is -2.17. The van der Waals surface area contributed by atoms with Crippen LogP contribution in [0.15, 0.2) is 47.1 Å². The molecule has 3 heterocycles. The SMILES string of the molecule is CCCc1nc2cnc3cc(-c4c(C)noc4C)c(OC)cc3c2n1-c1ccccc1OC(F)(F)F. The van der Waals surface area contributed by atoms with Crippen molar-refractivity contribution in [1.82, 2.24) is 19.7 Å². The van der Waals surface area contributed by atoms with Crippen molar-refractivity contribution in [2.75, 3.05) is 7.11 Å². The van der Waals surface area contributed by atoms with Gasteiger partial charge in [0.25, 0.3) is 0 Å². The summed E-state index contributed by atoms with van der Waals surface area (Å²) in [5.41, 5.74) is 4.30. The third-order valence-electron chi connectivity index (χ3n) is 5.98. The van der Waals surface area contributed by atoms with Crippen LogP contribution >= 0.6 is 0 Å². The molecule has 186 valence electrons. The summed E-state index contributed by atoms with van der Waals surface area (Å²) in [6.45, 7) is 5.64. The fraction of sp³-hybridized carbons (Fsp3) is 0.269. The smallest absolute Gasteiger partial charge is 0.496 e. The summed E-state index contributed by atoms with van der Waals surface area (Å²) < 4.78 is 56.9. The van der Waals surface area contributed by atoms with Crippen molar-refractivity contribution in [3.8, 4) is 28.3 Å². The summed E-state index contributed by atoms with van der Waals surface area (Å²) >= 11 is 0. The van der Waals surface area contributed by atoms with Gasteiger partial charge in [0.05, 0.1) is 41.3 Å². The number of ether oxygens (including phenoxy) is 2. The highest BCUT2D eigenvalue weighted by Gasteiger charge is 2.33. The topological polar surface area (TPSA) is 75.2 Å².